The molecule has 66 valence electrons. The van der Waals surface area contributed by atoms with Gasteiger partial charge in [0.15, 0.2) is 0 Å². The smallest absolute Gasteiger partial charge is 0.445 e. The summed E-state index contributed by atoms with van der Waals surface area (Å²) in [5.41, 5.74) is -0.543. The first-order valence-corrected chi connectivity index (χ1v) is 3.86. The second kappa shape index (κ2) is 4.47. The fourth-order valence-electron chi connectivity index (χ4n) is 0.766. The predicted octanol–water partition coefficient (Wildman–Crippen LogP) is 3.51. The van der Waals surface area contributed by atoms with E-state index < -0.39 is 12.4 Å². The summed E-state index contributed by atoms with van der Waals surface area (Å²) in [4.78, 5) is 0. The van der Waals surface area contributed by atoms with E-state index in [-0.39, 0.29) is 6.42 Å². The molecular formula is C7H13BF3-. The zero-order chi connectivity index (χ0) is 8.91. The summed E-state index contributed by atoms with van der Waals surface area (Å²) in [6.45, 7) is 0.180. The van der Waals surface area contributed by atoms with Crippen molar-refractivity contribution in [2.45, 2.75) is 32.6 Å². The van der Waals surface area contributed by atoms with E-state index in [1.54, 1.807) is 0 Å². The SMILES string of the molecule is C=C(CCCCC)[B-](F)(F)F. The van der Waals surface area contributed by atoms with E-state index >= 15 is 0 Å². The van der Waals surface area contributed by atoms with Crippen LogP contribution in [0.5, 0.6) is 0 Å². The Kier molecular flexibility index (Phi) is 4.30. The molecule has 0 bridgehead atoms. The van der Waals surface area contributed by atoms with Crippen LogP contribution in [0.15, 0.2) is 12.1 Å². The zero-order valence-electron chi connectivity index (χ0n) is 6.75. The molecular weight excluding hydrogens is 152 g/mol. The third kappa shape index (κ3) is 4.93. The molecule has 0 aliphatic carbocycles. The second-order valence-electron chi connectivity index (χ2n) is 2.69. The van der Waals surface area contributed by atoms with Gasteiger partial charge in [-0.25, -0.2) is 0 Å². The first-order chi connectivity index (χ1) is 4.98. The zero-order valence-corrected chi connectivity index (χ0v) is 6.75. The molecule has 0 saturated heterocycles. The van der Waals surface area contributed by atoms with Crippen LogP contribution in [0.25, 0.3) is 0 Å². The van der Waals surface area contributed by atoms with Crippen LogP contribution in [0.3, 0.4) is 0 Å². The van der Waals surface area contributed by atoms with Gasteiger partial charge in [-0.05, 0) is 0 Å². The lowest BCUT2D eigenvalue weighted by atomic mass is 9.77. The second-order valence-corrected chi connectivity index (χ2v) is 2.69. The normalized spacial score (nSPS) is 11.6. The molecule has 0 nitrogen and oxygen atoms in total. The van der Waals surface area contributed by atoms with Crippen molar-refractivity contribution in [1.29, 1.82) is 0 Å². The van der Waals surface area contributed by atoms with E-state index in [2.05, 4.69) is 6.58 Å². The van der Waals surface area contributed by atoms with E-state index in [4.69, 9.17) is 0 Å². The summed E-state index contributed by atoms with van der Waals surface area (Å²) in [7, 11) is 0. The predicted molar refractivity (Wildman–Crippen MR) is 42.4 cm³/mol. The van der Waals surface area contributed by atoms with Gasteiger partial charge < -0.3 is 12.9 Å². The monoisotopic (exact) mass is 165 g/mol. The number of rotatable bonds is 5. The Labute approximate surface area is 65.5 Å². The van der Waals surface area contributed by atoms with Crippen LogP contribution >= 0.6 is 0 Å². The Morgan fingerprint density at radius 2 is 1.82 bits per heavy atom. The highest BCUT2D eigenvalue weighted by molar-refractivity contribution is 6.66. The van der Waals surface area contributed by atoms with Crippen LogP contribution in [0.4, 0.5) is 12.9 Å². The van der Waals surface area contributed by atoms with Crippen molar-refractivity contribution in [3.8, 4) is 0 Å². The summed E-state index contributed by atoms with van der Waals surface area (Å²) in [5.74, 6) is 0. The van der Waals surface area contributed by atoms with E-state index in [1.165, 1.54) is 0 Å². The quantitative estimate of drug-likeness (QED) is 0.431. The molecule has 0 radical (unpaired) electrons. The highest BCUT2D eigenvalue weighted by Crippen LogP contribution is 2.22. The van der Waals surface area contributed by atoms with Gasteiger partial charge in [0.25, 0.3) is 0 Å². The molecule has 0 rings (SSSR count). The van der Waals surface area contributed by atoms with Gasteiger partial charge in [-0.3, -0.25) is 0 Å². The van der Waals surface area contributed by atoms with Crippen LogP contribution in [0.2, 0.25) is 0 Å². The van der Waals surface area contributed by atoms with Crippen LogP contribution in [0, 0.1) is 0 Å². The lowest BCUT2D eigenvalue weighted by Gasteiger charge is -2.17. The van der Waals surface area contributed by atoms with Gasteiger partial charge in [0.2, 0.25) is 0 Å². The van der Waals surface area contributed by atoms with Crippen molar-refractivity contribution < 1.29 is 12.9 Å². The average Bonchev–Trinajstić information content (AvgIpc) is 1.86. The van der Waals surface area contributed by atoms with Gasteiger partial charge in [-0.2, -0.15) is 0 Å². The van der Waals surface area contributed by atoms with E-state index in [9.17, 15) is 12.9 Å². The first kappa shape index (κ1) is 10.6. The minimum absolute atomic E-state index is 0.108. The molecule has 0 heterocycles. The number of hydrogen-bond acceptors (Lipinski definition) is 0. The van der Waals surface area contributed by atoms with Crippen LogP contribution in [-0.4, -0.2) is 6.98 Å². The minimum atomic E-state index is -4.78. The summed E-state index contributed by atoms with van der Waals surface area (Å²) in [5, 5.41) is 0. The largest absolute Gasteiger partial charge is 0.505 e. The van der Waals surface area contributed by atoms with Crippen molar-refractivity contribution in [2.24, 2.45) is 0 Å². The van der Waals surface area contributed by atoms with Crippen LogP contribution < -0.4 is 0 Å². The fourth-order valence-corrected chi connectivity index (χ4v) is 0.766. The van der Waals surface area contributed by atoms with E-state index in [0.29, 0.717) is 6.42 Å². The highest BCUT2D eigenvalue weighted by Gasteiger charge is 2.25. The Hall–Kier alpha value is -0.405. The molecule has 0 aliphatic heterocycles. The molecule has 0 fully saturated rings. The maximum atomic E-state index is 11.8. The lowest BCUT2D eigenvalue weighted by Crippen LogP contribution is -2.18. The van der Waals surface area contributed by atoms with Gasteiger partial charge in [-0.1, -0.05) is 32.6 Å². The van der Waals surface area contributed by atoms with Crippen LogP contribution in [0.1, 0.15) is 32.6 Å². The summed E-state index contributed by atoms with van der Waals surface area (Å²) >= 11 is 0. The number of unbranched alkanes of at least 4 members (excludes halogenated alkanes) is 2. The summed E-state index contributed by atoms with van der Waals surface area (Å²) in [6, 6.07) is 0. The fraction of sp³-hybridized carbons (Fsp3) is 0.714. The topological polar surface area (TPSA) is 0 Å². The van der Waals surface area contributed by atoms with Crippen molar-refractivity contribution in [3.05, 3.63) is 12.1 Å². The van der Waals surface area contributed by atoms with Gasteiger partial charge >= 0.3 is 6.98 Å². The third-order valence-corrected chi connectivity index (χ3v) is 1.56. The molecule has 4 heteroatoms. The standard InChI is InChI=1S/C7H13BF3/c1-3-4-5-6-7(2)8(9,10)11/h2-6H2,1H3/q-1. The van der Waals surface area contributed by atoms with E-state index in [0.717, 1.165) is 12.8 Å². The van der Waals surface area contributed by atoms with Gasteiger partial charge in [-0.15, -0.1) is 12.1 Å². The van der Waals surface area contributed by atoms with Crippen molar-refractivity contribution in [1.82, 2.24) is 0 Å². The maximum Gasteiger partial charge on any atom is 0.505 e. The van der Waals surface area contributed by atoms with Crippen molar-refractivity contribution in [2.75, 3.05) is 0 Å². The molecule has 0 amide bonds. The molecule has 0 aliphatic rings. The molecule has 0 unspecified atom stereocenters. The maximum absolute atomic E-state index is 11.8. The molecule has 0 spiro atoms. The summed E-state index contributed by atoms with van der Waals surface area (Å²) in [6.07, 6.45) is 2.51. The van der Waals surface area contributed by atoms with Gasteiger partial charge in [0.05, 0.1) is 0 Å². The average molecular weight is 165 g/mol. The first-order valence-electron chi connectivity index (χ1n) is 3.86. The Morgan fingerprint density at radius 1 is 1.27 bits per heavy atom. The minimum Gasteiger partial charge on any atom is -0.445 e. The molecule has 0 aromatic heterocycles. The number of hydrogen-bond donors (Lipinski definition) is 0. The van der Waals surface area contributed by atoms with Crippen molar-refractivity contribution in [3.63, 3.8) is 0 Å². The van der Waals surface area contributed by atoms with Crippen LogP contribution in [-0.2, 0) is 0 Å². The Bertz CT molecular complexity index is 128. The number of halogens is 3. The molecule has 0 atom stereocenters. The Balaban J connectivity index is 3.54. The molecule has 0 saturated carbocycles. The van der Waals surface area contributed by atoms with Gasteiger partial charge in [0.1, 0.15) is 0 Å². The molecule has 0 N–H and O–H groups in total. The molecule has 11 heavy (non-hydrogen) atoms. The van der Waals surface area contributed by atoms with E-state index in [1.807, 2.05) is 6.92 Å². The Morgan fingerprint density at radius 3 is 2.18 bits per heavy atom. The van der Waals surface area contributed by atoms with Gasteiger partial charge in [0, 0.05) is 0 Å². The summed E-state index contributed by atoms with van der Waals surface area (Å²) < 4.78 is 35.5. The number of allylic oxidation sites excluding steroid dienone is 1. The van der Waals surface area contributed by atoms with Crippen molar-refractivity contribution >= 4 is 6.98 Å². The third-order valence-electron chi connectivity index (χ3n) is 1.56. The highest BCUT2D eigenvalue weighted by atomic mass is 19.4. The molecule has 0 aromatic rings. The lowest BCUT2D eigenvalue weighted by molar-refractivity contribution is 0.483. The molecule has 0 aromatic carbocycles.